The van der Waals surface area contributed by atoms with Gasteiger partial charge in [-0.2, -0.15) is 0 Å². The molecule has 0 spiro atoms. The molecule has 0 bridgehead atoms. The second-order valence-corrected chi connectivity index (χ2v) is 43.9. The zero-order valence-electron chi connectivity index (χ0n) is 60.0. The van der Waals surface area contributed by atoms with Gasteiger partial charge in [-0.25, -0.2) is 0 Å². The van der Waals surface area contributed by atoms with E-state index in [1.54, 1.807) is 146 Å². The first-order chi connectivity index (χ1) is 53.3. The normalized spacial score (nSPS) is 11.3. The summed E-state index contributed by atoms with van der Waals surface area (Å²) < 4.78 is -8.74. The highest BCUT2D eigenvalue weighted by Crippen LogP contribution is 2.52. The average Bonchev–Trinajstić information content (AvgIpc) is 0.836. The molecule has 0 atom stereocenters. The van der Waals surface area contributed by atoms with E-state index in [1.165, 1.54) is 0 Å². The number of rotatable bonds is 12. The van der Waals surface area contributed by atoms with Gasteiger partial charge in [-0.05, 0) is 212 Å². The summed E-state index contributed by atoms with van der Waals surface area (Å²) in [5.41, 5.74) is 10.6. The van der Waals surface area contributed by atoms with Crippen LogP contribution in [0.1, 0.15) is 102 Å². The lowest BCUT2D eigenvalue weighted by Gasteiger charge is -2.25. The van der Waals surface area contributed by atoms with E-state index < -0.39 is 22.8 Å². The van der Waals surface area contributed by atoms with E-state index in [-0.39, 0.29) is 110 Å². The number of alkyl halides is 18. The van der Waals surface area contributed by atoms with E-state index in [1.807, 2.05) is 146 Å². The monoisotopic (exact) mass is 2330 g/mol. The van der Waals surface area contributed by atoms with E-state index in [0.29, 0.717) is 60.3 Å². The summed E-state index contributed by atoms with van der Waals surface area (Å²) in [6, 6.07) is 87.0. The second-order valence-electron chi connectivity index (χ2n) is 24.5. The van der Waals surface area contributed by atoms with E-state index in [4.69, 9.17) is 348 Å². The Morgan fingerprint density at radius 1 is 0.108 bits per heavy atom. The third-order valence-corrected chi connectivity index (χ3v) is 23.4. The van der Waals surface area contributed by atoms with Gasteiger partial charge in [0, 0.05) is 60.3 Å². The van der Waals surface area contributed by atoms with Gasteiger partial charge >= 0.3 is 0 Å². The molecule has 0 saturated carbocycles. The maximum absolute atomic E-state index is 6.11. The van der Waals surface area contributed by atoms with Crippen LogP contribution >= 0.6 is 422 Å². The molecule has 0 radical (unpaired) electrons. The lowest BCUT2D eigenvalue weighted by atomic mass is 9.92. The lowest BCUT2D eigenvalue weighted by molar-refractivity contribution is 0.839. The Balaban J connectivity index is 0.000000713. The molecule has 0 aliphatic carbocycles. The van der Waals surface area contributed by atoms with Crippen molar-refractivity contribution in [3.63, 3.8) is 0 Å². The molecule has 0 saturated heterocycles. The fourth-order valence-electron chi connectivity index (χ4n) is 11.3. The average molecular weight is 2350 g/mol. The SMILES string of the molecule is Cl.Cl.Cl.Cl.Cl.Cl.Clc1ccc(C(c2ccc(Cl)cc2)C(Cl)(Cl)Cl)cc1.Clc1ccc(C(c2ccc(Cl)cc2)C(Cl)(Cl)Cl)cc1.Clc1ccc(C(c2ccc(Cl)cc2)C(Cl)(Cl)Cl)cc1.Clc1ccc(C(c2ccc(Cl)cc2)C(Cl)(Cl)Cl)cc1.Clc1ccc(C(c2ccc(Cl)cc2)C(Cl)(Cl)Cl)cc1.Clc1ccc(C(c2ccc(Cl)cc2)C(Cl)(Cl)Cl)cc1. The Labute approximate surface area is 886 Å². The summed E-state index contributed by atoms with van der Waals surface area (Å²) in [6.07, 6.45) is 0. The van der Waals surface area contributed by atoms with Crippen LogP contribution in [-0.4, -0.2) is 22.8 Å². The zero-order chi connectivity index (χ0) is 84.3. The lowest BCUT2D eigenvalue weighted by Crippen LogP contribution is -2.18. The highest BCUT2D eigenvalue weighted by atomic mass is 35.6. The summed E-state index contributed by atoms with van der Waals surface area (Å²) in [4.78, 5) is 0. The highest BCUT2D eigenvalue weighted by molar-refractivity contribution is 6.71. The van der Waals surface area contributed by atoms with Crippen LogP contribution in [0.15, 0.2) is 291 Å². The van der Waals surface area contributed by atoms with Crippen LogP contribution in [0, 0.1) is 0 Å². The summed E-state index contributed by atoms with van der Waals surface area (Å²) in [5, 5.41) is 7.70. The molecule has 0 heterocycles. The van der Waals surface area contributed by atoms with Crippen molar-refractivity contribution in [3.8, 4) is 0 Å². The van der Waals surface area contributed by atoms with Crippen molar-refractivity contribution < 1.29 is 0 Å². The van der Waals surface area contributed by atoms with Crippen molar-refractivity contribution in [2.75, 3.05) is 0 Å². The maximum Gasteiger partial charge on any atom is 0.201 e. The molecule has 0 N–H and O–H groups in total. The quantitative estimate of drug-likeness (QED) is 0.107. The first kappa shape index (κ1) is 119. The minimum absolute atomic E-state index is 0. The van der Waals surface area contributed by atoms with Crippen LogP contribution in [0.2, 0.25) is 60.3 Å². The van der Waals surface area contributed by atoms with Gasteiger partial charge in [0.05, 0.1) is 35.5 Å². The molecule has 12 aromatic rings. The third-order valence-electron chi connectivity index (χ3n) is 16.4. The Bertz CT molecular complexity index is 3790. The molecule has 12 aromatic carbocycles. The Hall–Kier alpha value is 1.08. The van der Waals surface area contributed by atoms with Crippen molar-refractivity contribution in [2.24, 2.45) is 0 Å². The highest BCUT2D eigenvalue weighted by Gasteiger charge is 2.40. The number of hydrogen-bond acceptors (Lipinski definition) is 0. The molecule has 0 fully saturated rings. The van der Waals surface area contributed by atoms with Crippen LogP contribution in [0.4, 0.5) is 0 Å². The van der Waals surface area contributed by atoms with Gasteiger partial charge in [0.2, 0.25) is 22.8 Å². The number of hydrogen-bond donors (Lipinski definition) is 0. The van der Waals surface area contributed by atoms with Gasteiger partial charge in [0.15, 0.2) is 0 Å². The molecule has 0 aromatic heterocycles. The largest absolute Gasteiger partial charge is 0.201 e. The maximum atomic E-state index is 6.11. The number of benzene rings is 12. The van der Waals surface area contributed by atoms with Gasteiger partial charge in [-0.3, -0.25) is 0 Å². The first-order valence-electron chi connectivity index (χ1n) is 32.7. The van der Waals surface area contributed by atoms with E-state index in [9.17, 15) is 0 Å². The van der Waals surface area contributed by atoms with Crippen molar-refractivity contribution >= 4 is 422 Å². The zero-order valence-corrected chi connectivity index (χ0v) is 87.5. The van der Waals surface area contributed by atoms with E-state index in [2.05, 4.69) is 0 Å². The van der Waals surface area contributed by atoms with Crippen LogP contribution in [0.5, 0.6) is 0 Å². The van der Waals surface area contributed by atoms with Gasteiger partial charge < -0.3 is 0 Å². The van der Waals surface area contributed by atoms with Crippen LogP contribution in [0.3, 0.4) is 0 Å². The van der Waals surface area contributed by atoms with E-state index >= 15 is 0 Å². The summed E-state index contributed by atoms with van der Waals surface area (Å²) in [6.45, 7) is 0. The van der Waals surface area contributed by atoms with Gasteiger partial charge in [0.25, 0.3) is 0 Å². The fraction of sp³-hybridized carbons (Fsp3) is 0.143. The summed E-state index contributed by atoms with van der Waals surface area (Å²) in [7, 11) is 0. The molecule has 0 aliphatic heterocycles. The fourth-order valence-corrected chi connectivity index (χ4v) is 17.3. The second kappa shape index (κ2) is 55.5. The standard InChI is InChI=1S/6C14H9Cl5.6ClH/c6*15-11-5-1-9(2-6-11)13(14(17,18)19)10-3-7-12(16)8-4-10;;;;;;/h6*1-8,13H;6*1H. The molecule has 120 heavy (non-hydrogen) atoms. The molecule has 648 valence electrons. The van der Waals surface area contributed by atoms with Gasteiger partial charge in [0.1, 0.15) is 0 Å². The van der Waals surface area contributed by atoms with Crippen molar-refractivity contribution in [3.05, 3.63) is 418 Å². The topological polar surface area (TPSA) is 0 Å². The van der Waals surface area contributed by atoms with Gasteiger partial charge in [-0.15, -0.1) is 74.4 Å². The van der Waals surface area contributed by atoms with Crippen molar-refractivity contribution in [2.45, 2.75) is 58.3 Å². The number of halogens is 36. The predicted octanol–water partition coefficient (Wildman–Crippen LogP) is 41.5. The first-order valence-corrected chi connectivity index (χ1v) is 44.1. The predicted molar refractivity (Wildman–Crippen MR) is 554 cm³/mol. The Morgan fingerprint density at radius 2 is 0.158 bits per heavy atom. The summed E-state index contributed by atoms with van der Waals surface area (Å²) >= 11 is 181. The third kappa shape index (κ3) is 39.5. The molecule has 12 rings (SSSR count). The molecular weight excluding hydrogens is 2290 g/mol. The van der Waals surface area contributed by atoms with E-state index in [0.717, 1.165) is 66.8 Å². The van der Waals surface area contributed by atoms with Gasteiger partial charge in [-0.1, -0.05) is 494 Å². The summed E-state index contributed by atoms with van der Waals surface area (Å²) in [5.74, 6) is -2.29. The minimum atomic E-state index is -1.46. The molecule has 0 nitrogen and oxygen atoms in total. The molecule has 0 unspecified atom stereocenters. The Kier molecular flexibility index (Phi) is 55.1. The molecule has 0 aliphatic rings. The van der Waals surface area contributed by atoms with Crippen molar-refractivity contribution in [1.82, 2.24) is 0 Å². The van der Waals surface area contributed by atoms with Crippen LogP contribution < -0.4 is 0 Å². The molecule has 0 amide bonds. The van der Waals surface area contributed by atoms with Crippen molar-refractivity contribution in [1.29, 1.82) is 0 Å². The molecular formula is C84H60Cl36. The minimum Gasteiger partial charge on any atom is -0.147 e. The smallest absolute Gasteiger partial charge is 0.147 e. The Morgan fingerprint density at radius 3 is 0.200 bits per heavy atom. The van der Waals surface area contributed by atoms with Crippen LogP contribution in [-0.2, 0) is 0 Å². The molecule has 36 heteroatoms. The van der Waals surface area contributed by atoms with Crippen LogP contribution in [0.25, 0.3) is 0 Å².